The van der Waals surface area contributed by atoms with Gasteiger partial charge >= 0.3 is 12.1 Å². The number of cyclic esters (lactones) is 1. The Hall–Kier alpha value is -4.46. The molecular formula is C28H23FN2O5. The zero-order valence-electron chi connectivity index (χ0n) is 19.3. The van der Waals surface area contributed by atoms with Crippen molar-refractivity contribution < 1.29 is 28.6 Å². The molecule has 0 spiro atoms. The van der Waals surface area contributed by atoms with Crippen LogP contribution in [0.1, 0.15) is 43.8 Å². The van der Waals surface area contributed by atoms with Crippen molar-refractivity contribution in [2.75, 3.05) is 13.1 Å². The molecule has 2 aliphatic heterocycles. The SMILES string of the molecule is O=C1O/C(=C\c2ccc(F)c(C(=O)N3CC[C@H](N(Cc4ccccc4)C(=O)O)C3)c2)c2ccccc21. The van der Waals surface area contributed by atoms with Crippen LogP contribution in [0.4, 0.5) is 9.18 Å². The van der Waals surface area contributed by atoms with Gasteiger partial charge in [-0.1, -0.05) is 54.6 Å². The number of nitrogens with zero attached hydrogens (tertiary/aromatic N) is 2. The number of likely N-dealkylation sites (tertiary alicyclic amines) is 1. The van der Waals surface area contributed by atoms with Gasteiger partial charge in [-0.15, -0.1) is 0 Å². The van der Waals surface area contributed by atoms with Crippen LogP contribution in [0.3, 0.4) is 0 Å². The first-order valence-corrected chi connectivity index (χ1v) is 11.6. The highest BCUT2D eigenvalue weighted by Gasteiger charge is 2.34. The van der Waals surface area contributed by atoms with Gasteiger partial charge in [-0.3, -0.25) is 9.69 Å². The third-order valence-corrected chi connectivity index (χ3v) is 6.47. The number of hydrogen-bond donors (Lipinski definition) is 1. The number of carbonyl (C=O) groups excluding carboxylic acids is 2. The van der Waals surface area contributed by atoms with E-state index in [2.05, 4.69) is 0 Å². The molecule has 2 amide bonds. The highest BCUT2D eigenvalue weighted by molar-refractivity contribution is 6.05. The zero-order valence-corrected chi connectivity index (χ0v) is 19.3. The summed E-state index contributed by atoms with van der Waals surface area (Å²) in [6, 6.07) is 19.9. The Labute approximate surface area is 207 Å². The van der Waals surface area contributed by atoms with Crippen molar-refractivity contribution in [2.24, 2.45) is 0 Å². The summed E-state index contributed by atoms with van der Waals surface area (Å²) in [5.41, 5.74) is 2.32. The number of ether oxygens (including phenoxy) is 1. The highest BCUT2D eigenvalue weighted by Crippen LogP contribution is 2.31. The Morgan fingerprint density at radius 2 is 1.78 bits per heavy atom. The first kappa shape index (κ1) is 23.3. The van der Waals surface area contributed by atoms with E-state index in [1.54, 1.807) is 30.3 Å². The minimum absolute atomic E-state index is 0.118. The van der Waals surface area contributed by atoms with Crippen molar-refractivity contribution in [1.29, 1.82) is 0 Å². The van der Waals surface area contributed by atoms with Gasteiger partial charge in [0.05, 0.1) is 17.2 Å². The van der Waals surface area contributed by atoms with Crippen LogP contribution in [0.25, 0.3) is 11.8 Å². The molecule has 1 atom stereocenters. The summed E-state index contributed by atoms with van der Waals surface area (Å²) >= 11 is 0. The number of carboxylic acid groups (broad SMARTS) is 1. The maximum atomic E-state index is 14.7. The van der Waals surface area contributed by atoms with Crippen molar-refractivity contribution in [3.05, 3.63) is 106 Å². The van der Waals surface area contributed by atoms with E-state index >= 15 is 0 Å². The van der Waals surface area contributed by atoms with Gasteiger partial charge in [-0.2, -0.15) is 0 Å². The van der Waals surface area contributed by atoms with Crippen LogP contribution in [0.5, 0.6) is 0 Å². The van der Waals surface area contributed by atoms with Crippen LogP contribution in [0, 0.1) is 5.82 Å². The monoisotopic (exact) mass is 486 g/mol. The number of esters is 1. The first-order chi connectivity index (χ1) is 17.4. The van der Waals surface area contributed by atoms with Crippen molar-refractivity contribution in [3.63, 3.8) is 0 Å². The van der Waals surface area contributed by atoms with E-state index in [-0.39, 0.29) is 18.7 Å². The van der Waals surface area contributed by atoms with Gasteiger partial charge in [0.1, 0.15) is 11.6 Å². The van der Waals surface area contributed by atoms with Crippen LogP contribution in [-0.2, 0) is 11.3 Å². The minimum Gasteiger partial charge on any atom is -0.465 e. The van der Waals surface area contributed by atoms with Crippen LogP contribution >= 0.6 is 0 Å². The summed E-state index contributed by atoms with van der Waals surface area (Å²) in [6.07, 6.45) is 0.992. The van der Waals surface area contributed by atoms with E-state index in [0.29, 0.717) is 35.4 Å². The molecule has 2 heterocycles. The Balaban J connectivity index is 1.34. The van der Waals surface area contributed by atoms with E-state index in [0.717, 1.165) is 5.56 Å². The van der Waals surface area contributed by atoms with Gasteiger partial charge in [0, 0.05) is 25.2 Å². The van der Waals surface area contributed by atoms with Crippen LogP contribution in [0.2, 0.25) is 0 Å². The Morgan fingerprint density at radius 1 is 1.06 bits per heavy atom. The fraction of sp³-hybridized carbons (Fsp3) is 0.179. The second-order valence-electron chi connectivity index (χ2n) is 8.77. The molecule has 0 aliphatic carbocycles. The number of carbonyl (C=O) groups is 3. The lowest BCUT2D eigenvalue weighted by Crippen LogP contribution is -2.41. The van der Waals surface area contributed by atoms with E-state index in [1.165, 1.54) is 28.0 Å². The molecule has 0 aromatic heterocycles. The summed E-state index contributed by atoms with van der Waals surface area (Å²) in [6.45, 7) is 0.700. The number of amides is 2. The number of benzene rings is 3. The van der Waals surface area contributed by atoms with Gasteiger partial charge < -0.3 is 14.7 Å². The molecule has 7 nitrogen and oxygen atoms in total. The van der Waals surface area contributed by atoms with Crippen LogP contribution in [-0.4, -0.2) is 52.0 Å². The lowest BCUT2D eigenvalue weighted by molar-refractivity contribution is 0.0715. The number of halogens is 1. The molecule has 1 saturated heterocycles. The first-order valence-electron chi connectivity index (χ1n) is 11.6. The molecule has 3 aromatic carbocycles. The Kier molecular flexibility index (Phi) is 6.25. The molecule has 1 fully saturated rings. The summed E-state index contributed by atoms with van der Waals surface area (Å²) in [4.78, 5) is 40.0. The minimum atomic E-state index is -1.07. The second-order valence-corrected chi connectivity index (χ2v) is 8.77. The smallest absolute Gasteiger partial charge is 0.407 e. The number of fused-ring (bicyclic) bond motifs is 1. The zero-order chi connectivity index (χ0) is 25.2. The molecule has 3 aromatic rings. The van der Waals surface area contributed by atoms with E-state index in [9.17, 15) is 23.9 Å². The third-order valence-electron chi connectivity index (χ3n) is 6.47. The molecule has 0 radical (unpaired) electrons. The topological polar surface area (TPSA) is 87.2 Å². The number of rotatable bonds is 5. The molecule has 8 heteroatoms. The predicted octanol–water partition coefficient (Wildman–Crippen LogP) is 4.89. The van der Waals surface area contributed by atoms with E-state index < -0.39 is 29.8 Å². The van der Waals surface area contributed by atoms with Gasteiger partial charge in [-0.25, -0.2) is 14.0 Å². The molecule has 2 aliphatic rings. The van der Waals surface area contributed by atoms with Crippen molar-refractivity contribution >= 4 is 29.8 Å². The van der Waals surface area contributed by atoms with Crippen LogP contribution in [0.15, 0.2) is 72.8 Å². The molecular weight excluding hydrogens is 463 g/mol. The lowest BCUT2D eigenvalue weighted by Gasteiger charge is -2.26. The van der Waals surface area contributed by atoms with E-state index in [1.807, 2.05) is 30.3 Å². The van der Waals surface area contributed by atoms with Crippen molar-refractivity contribution in [3.8, 4) is 0 Å². The lowest BCUT2D eigenvalue weighted by atomic mass is 10.0. The molecule has 5 rings (SSSR count). The van der Waals surface area contributed by atoms with Crippen molar-refractivity contribution in [2.45, 2.75) is 19.0 Å². The second kappa shape index (κ2) is 9.65. The Bertz CT molecular complexity index is 1370. The quantitative estimate of drug-likeness (QED) is 0.519. The van der Waals surface area contributed by atoms with Crippen LogP contribution < -0.4 is 0 Å². The maximum Gasteiger partial charge on any atom is 0.407 e. The summed E-state index contributed by atoms with van der Waals surface area (Å²) in [7, 11) is 0. The highest BCUT2D eigenvalue weighted by atomic mass is 19.1. The van der Waals surface area contributed by atoms with Gasteiger partial charge in [-0.05, 0) is 41.8 Å². The standard InChI is InChI=1S/C28H23FN2O5/c29-24-11-10-19(15-25-21-8-4-5-9-22(21)27(33)36-25)14-23(24)26(32)30-13-12-20(17-30)31(28(34)35)16-18-6-2-1-3-7-18/h1-11,14-15,20H,12-13,16-17H2,(H,34,35)/b25-15-/t20-/m0/s1. The average molecular weight is 486 g/mol. The van der Waals surface area contributed by atoms with E-state index in [4.69, 9.17) is 4.74 Å². The predicted molar refractivity (Wildman–Crippen MR) is 130 cm³/mol. The molecule has 0 bridgehead atoms. The maximum absolute atomic E-state index is 14.7. The molecule has 0 saturated carbocycles. The summed E-state index contributed by atoms with van der Waals surface area (Å²) in [5.74, 6) is -1.31. The van der Waals surface area contributed by atoms with Gasteiger partial charge in [0.2, 0.25) is 0 Å². The molecule has 1 N–H and O–H groups in total. The fourth-order valence-electron chi connectivity index (χ4n) is 4.63. The molecule has 0 unspecified atom stereocenters. The largest absolute Gasteiger partial charge is 0.465 e. The average Bonchev–Trinajstić information content (AvgIpc) is 3.49. The molecule has 182 valence electrons. The van der Waals surface area contributed by atoms with Crippen molar-refractivity contribution in [1.82, 2.24) is 9.80 Å². The summed E-state index contributed by atoms with van der Waals surface area (Å²) in [5, 5.41) is 9.76. The summed E-state index contributed by atoms with van der Waals surface area (Å²) < 4.78 is 20.1. The van der Waals surface area contributed by atoms with Gasteiger partial charge in [0.15, 0.2) is 0 Å². The molecule has 36 heavy (non-hydrogen) atoms. The fourth-order valence-corrected chi connectivity index (χ4v) is 4.63. The normalized spacial score (nSPS) is 17.7. The Morgan fingerprint density at radius 3 is 2.53 bits per heavy atom. The third kappa shape index (κ3) is 4.57. The number of hydrogen-bond acceptors (Lipinski definition) is 4. The van der Waals surface area contributed by atoms with Gasteiger partial charge in [0.25, 0.3) is 5.91 Å².